The Hall–Kier alpha value is -1.35. The van der Waals surface area contributed by atoms with Crippen molar-refractivity contribution in [2.24, 2.45) is 5.92 Å². The molecule has 1 heterocycles. The van der Waals surface area contributed by atoms with E-state index >= 15 is 0 Å². The third-order valence-electron chi connectivity index (χ3n) is 3.95. The van der Waals surface area contributed by atoms with Gasteiger partial charge in [-0.25, -0.2) is 0 Å². The summed E-state index contributed by atoms with van der Waals surface area (Å²) in [7, 11) is 0. The fraction of sp³-hybridized carbons (Fsp3) is 0.500. The minimum absolute atomic E-state index is 0.131. The van der Waals surface area contributed by atoms with Crippen molar-refractivity contribution in [1.82, 2.24) is 4.90 Å². The molecule has 0 bridgehead atoms. The van der Waals surface area contributed by atoms with Gasteiger partial charge in [0.1, 0.15) is 0 Å². The van der Waals surface area contributed by atoms with Crippen LogP contribution in [0.15, 0.2) is 24.3 Å². The summed E-state index contributed by atoms with van der Waals surface area (Å²) in [5, 5.41) is 9.79. The lowest BCUT2D eigenvalue weighted by Gasteiger charge is -2.22. The average Bonchev–Trinajstić information content (AvgIpc) is 2.93. The average molecular weight is 231 g/mol. The van der Waals surface area contributed by atoms with Crippen LogP contribution in [0.1, 0.15) is 30.4 Å². The summed E-state index contributed by atoms with van der Waals surface area (Å²) in [4.78, 5) is 14.2. The number of aliphatic hydroxyl groups is 1. The van der Waals surface area contributed by atoms with Crippen molar-refractivity contribution in [2.45, 2.75) is 38.5 Å². The number of amides is 1. The maximum absolute atomic E-state index is 12.3. The summed E-state index contributed by atoms with van der Waals surface area (Å²) in [6.07, 6.45) is 2.16. The van der Waals surface area contributed by atoms with E-state index in [4.69, 9.17) is 0 Å². The van der Waals surface area contributed by atoms with Crippen molar-refractivity contribution in [3.8, 4) is 0 Å². The van der Waals surface area contributed by atoms with Crippen LogP contribution in [0.3, 0.4) is 0 Å². The number of carbonyl (C=O) groups excluding carboxylic acids is 1. The van der Waals surface area contributed by atoms with E-state index in [1.165, 1.54) is 11.1 Å². The van der Waals surface area contributed by atoms with Crippen molar-refractivity contribution in [3.63, 3.8) is 0 Å². The molecule has 0 saturated heterocycles. The van der Waals surface area contributed by atoms with E-state index in [1.807, 2.05) is 17.0 Å². The first-order valence-electron chi connectivity index (χ1n) is 6.29. The molecule has 0 radical (unpaired) electrons. The molecule has 1 aliphatic carbocycles. The van der Waals surface area contributed by atoms with Gasteiger partial charge in [0.2, 0.25) is 5.91 Å². The minimum atomic E-state index is -0.425. The summed E-state index contributed by atoms with van der Waals surface area (Å²) in [6, 6.07) is 8.18. The number of rotatable bonds is 1. The Balaban J connectivity index is 1.74. The van der Waals surface area contributed by atoms with E-state index in [1.54, 1.807) is 0 Å². The predicted octanol–water partition coefficient (Wildman–Crippen LogP) is 1.69. The molecule has 3 rings (SSSR count). The van der Waals surface area contributed by atoms with Crippen molar-refractivity contribution in [3.05, 3.63) is 35.4 Å². The Morgan fingerprint density at radius 2 is 1.82 bits per heavy atom. The van der Waals surface area contributed by atoms with Crippen LogP contribution in [0.2, 0.25) is 0 Å². The lowest BCUT2D eigenvalue weighted by atomic mass is 10.0. The molecule has 2 unspecified atom stereocenters. The molecular weight excluding hydrogens is 214 g/mol. The normalized spacial score (nSPS) is 27.2. The zero-order chi connectivity index (χ0) is 11.8. The highest BCUT2D eigenvalue weighted by atomic mass is 16.3. The number of aliphatic hydroxyl groups excluding tert-OH is 1. The van der Waals surface area contributed by atoms with E-state index in [9.17, 15) is 9.90 Å². The zero-order valence-electron chi connectivity index (χ0n) is 9.80. The summed E-state index contributed by atoms with van der Waals surface area (Å²) in [6.45, 7) is 1.41. The van der Waals surface area contributed by atoms with Gasteiger partial charge < -0.3 is 10.0 Å². The molecule has 2 atom stereocenters. The van der Waals surface area contributed by atoms with E-state index < -0.39 is 6.10 Å². The molecule has 1 amide bonds. The molecule has 17 heavy (non-hydrogen) atoms. The van der Waals surface area contributed by atoms with Crippen LogP contribution in [0.4, 0.5) is 0 Å². The lowest BCUT2D eigenvalue weighted by Crippen LogP contribution is -2.35. The fourth-order valence-corrected chi connectivity index (χ4v) is 2.95. The standard InChI is InChI=1S/C14H17NO2/c16-13-7-3-6-12(13)14(17)15-8-10-4-1-2-5-11(10)9-15/h1-2,4-5,12-13,16H,3,6-9H2. The fourth-order valence-electron chi connectivity index (χ4n) is 2.95. The molecule has 1 fully saturated rings. The highest BCUT2D eigenvalue weighted by molar-refractivity contribution is 5.80. The molecule has 1 aliphatic heterocycles. The second-order valence-electron chi connectivity index (χ2n) is 5.07. The number of hydrogen-bond acceptors (Lipinski definition) is 2. The second-order valence-corrected chi connectivity index (χ2v) is 5.07. The Morgan fingerprint density at radius 3 is 2.35 bits per heavy atom. The van der Waals surface area contributed by atoms with Crippen molar-refractivity contribution in [2.75, 3.05) is 0 Å². The molecule has 3 nitrogen and oxygen atoms in total. The van der Waals surface area contributed by atoms with Gasteiger partial charge in [-0.1, -0.05) is 24.3 Å². The summed E-state index contributed by atoms with van der Waals surface area (Å²) in [5.74, 6) is -0.0319. The molecular formula is C14H17NO2. The number of fused-ring (bicyclic) bond motifs is 1. The lowest BCUT2D eigenvalue weighted by molar-refractivity contribution is -0.138. The Labute approximate surface area is 101 Å². The molecule has 2 aliphatic rings. The molecule has 90 valence electrons. The highest BCUT2D eigenvalue weighted by Crippen LogP contribution is 2.31. The van der Waals surface area contributed by atoms with Crippen molar-refractivity contribution >= 4 is 5.91 Å². The second kappa shape index (κ2) is 4.15. The van der Waals surface area contributed by atoms with Gasteiger partial charge in [-0.05, 0) is 30.4 Å². The molecule has 0 spiro atoms. The summed E-state index contributed by atoms with van der Waals surface area (Å²) >= 11 is 0. The SMILES string of the molecule is O=C(C1CCCC1O)N1Cc2ccccc2C1. The molecule has 1 aromatic rings. The monoisotopic (exact) mass is 231 g/mol. The van der Waals surface area contributed by atoms with Crippen molar-refractivity contribution < 1.29 is 9.90 Å². The first-order valence-corrected chi connectivity index (χ1v) is 6.29. The van der Waals surface area contributed by atoms with Gasteiger partial charge in [-0.15, -0.1) is 0 Å². The Kier molecular flexibility index (Phi) is 2.63. The van der Waals surface area contributed by atoms with Gasteiger partial charge in [-0.2, -0.15) is 0 Å². The molecule has 1 aromatic carbocycles. The summed E-state index contributed by atoms with van der Waals surface area (Å²) in [5.41, 5.74) is 2.49. The molecule has 3 heteroatoms. The number of carbonyl (C=O) groups is 1. The molecule has 0 aromatic heterocycles. The number of benzene rings is 1. The topological polar surface area (TPSA) is 40.5 Å². The van der Waals surface area contributed by atoms with E-state index in [0.29, 0.717) is 13.1 Å². The van der Waals surface area contributed by atoms with Gasteiger partial charge in [0.15, 0.2) is 0 Å². The number of nitrogens with zero attached hydrogens (tertiary/aromatic N) is 1. The minimum Gasteiger partial charge on any atom is -0.392 e. The van der Waals surface area contributed by atoms with Crippen LogP contribution >= 0.6 is 0 Å². The first kappa shape index (κ1) is 10.8. The van der Waals surface area contributed by atoms with Crippen LogP contribution in [0, 0.1) is 5.92 Å². The van der Waals surface area contributed by atoms with Gasteiger partial charge in [0.05, 0.1) is 12.0 Å². The predicted molar refractivity (Wildman–Crippen MR) is 64.0 cm³/mol. The van der Waals surface area contributed by atoms with Crippen LogP contribution in [0.25, 0.3) is 0 Å². The van der Waals surface area contributed by atoms with E-state index in [2.05, 4.69) is 12.1 Å². The van der Waals surface area contributed by atoms with E-state index in [-0.39, 0.29) is 11.8 Å². The zero-order valence-corrected chi connectivity index (χ0v) is 9.80. The highest BCUT2D eigenvalue weighted by Gasteiger charge is 2.36. The largest absolute Gasteiger partial charge is 0.392 e. The van der Waals surface area contributed by atoms with Crippen LogP contribution in [0.5, 0.6) is 0 Å². The van der Waals surface area contributed by atoms with Gasteiger partial charge in [-0.3, -0.25) is 4.79 Å². The van der Waals surface area contributed by atoms with Gasteiger partial charge >= 0.3 is 0 Å². The molecule has 1 saturated carbocycles. The van der Waals surface area contributed by atoms with Crippen molar-refractivity contribution in [1.29, 1.82) is 0 Å². The number of hydrogen-bond donors (Lipinski definition) is 1. The van der Waals surface area contributed by atoms with Crippen LogP contribution in [-0.2, 0) is 17.9 Å². The van der Waals surface area contributed by atoms with Gasteiger partial charge in [0.25, 0.3) is 0 Å². The third-order valence-corrected chi connectivity index (χ3v) is 3.95. The molecule has 1 N–H and O–H groups in total. The third kappa shape index (κ3) is 1.84. The maximum atomic E-state index is 12.3. The van der Waals surface area contributed by atoms with Gasteiger partial charge in [0, 0.05) is 13.1 Å². The maximum Gasteiger partial charge on any atom is 0.228 e. The van der Waals surface area contributed by atoms with E-state index in [0.717, 1.165) is 19.3 Å². The van der Waals surface area contributed by atoms with Crippen LogP contribution < -0.4 is 0 Å². The Bertz CT molecular complexity index is 419. The summed E-state index contributed by atoms with van der Waals surface area (Å²) < 4.78 is 0. The smallest absolute Gasteiger partial charge is 0.228 e. The quantitative estimate of drug-likeness (QED) is 0.799. The Morgan fingerprint density at radius 1 is 1.18 bits per heavy atom. The first-order chi connectivity index (χ1) is 8.25. The van der Waals surface area contributed by atoms with Crippen LogP contribution in [-0.4, -0.2) is 22.0 Å².